The van der Waals surface area contributed by atoms with Crippen LogP contribution in [0.4, 0.5) is 5.13 Å². The van der Waals surface area contributed by atoms with E-state index in [9.17, 15) is 0 Å². The zero-order valence-corrected chi connectivity index (χ0v) is 11.6. The second-order valence-electron chi connectivity index (χ2n) is 5.40. The van der Waals surface area contributed by atoms with E-state index >= 15 is 0 Å². The Balaban J connectivity index is 1.66. The van der Waals surface area contributed by atoms with Crippen molar-refractivity contribution in [1.29, 1.82) is 0 Å². The van der Waals surface area contributed by atoms with Crippen LogP contribution < -0.4 is 10.9 Å². The van der Waals surface area contributed by atoms with Crippen molar-refractivity contribution >= 4 is 22.5 Å². The molecule has 0 atom stereocenters. The highest BCUT2D eigenvalue weighted by molar-refractivity contribution is 7.16. The van der Waals surface area contributed by atoms with Gasteiger partial charge in [-0.3, -0.25) is 5.01 Å². The molecule has 1 saturated carbocycles. The molecule has 0 aromatic carbocycles. The number of anilines is 1. The minimum absolute atomic E-state index is 0.764. The van der Waals surface area contributed by atoms with Gasteiger partial charge in [0.25, 0.3) is 0 Å². The molecule has 2 aliphatic carbocycles. The lowest BCUT2D eigenvalue weighted by atomic mass is 9.89. The number of hydrogen-bond acceptors (Lipinski definition) is 4. The van der Waals surface area contributed by atoms with E-state index in [1.165, 1.54) is 42.7 Å². The highest BCUT2D eigenvalue weighted by Crippen LogP contribution is 2.31. The summed E-state index contributed by atoms with van der Waals surface area (Å²) in [6, 6.07) is 0. The van der Waals surface area contributed by atoms with Crippen molar-refractivity contribution in [3.8, 4) is 0 Å². The van der Waals surface area contributed by atoms with Gasteiger partial charge in [0, 0.05) is 6.54 Å². The molecule has 4 heteroatoms. The Morgan fingerprint density at radius 2 is 2.17 bits per heavy atom. The maximum atomic E-state index is 6.20. The molecule has 0 bridgehead atoms. The Bertz CT molecular complexity index is 432. The van der Waals surface area contributed by atoms with Gasteiger partial charge in [0.1, 0.15) is 0 Å². The van der Waals surface area contributed by atoms with E-state index in [1.54, 1.807) is 11.3 Å². The standard InChI is InChI=1S/C14H21N3S/c15-17(10-11-6-2-1-3-7-11)14-16-12-8-4-5-9-13(12)18-14/h5,9,11H,1-4,6-8,10,15H2. The first kappa shape index (κ1) is 12.2. The number of aromatic nitrogens is 1. The number of nitrogens with two attached hydrogens (primary N) is 1. The summed E-state index contributed by atoms with van der Waals surface area (Å²) in [4.78, 5) is 5.99. The lowest BCUT2D eigenvalue weighted by molar-refractivity contribution is 0.359. The van der Waals surface area contributed by atoms with Crippen molar-refractivity contribution in [2.24, 2.45) is 11.8 Å². The zero-order chi connectivity index (χ0) is 12.4. The van der Waals surface area contributed by atoms with E-state index in [1.807, 2.05) is 5.01 Å². The van der Waals surface area contributed by atoms with Crippen LogP contribution in [-0.2, 0) is 6.42 Å². The highest BCUT2D eigenvalue weighted by Gasteiger charge is 2.19. The van der Waals surface area contributed by atoms with Gasteiger partial charge in [-0.2, -0.15) is 0 Å². The second-order valence-corrected chi connectivity index (χ2v) is 6.41. The SMILES string of the molecule is NN(CC1CCCCC1)c1nc2c(s1)C=CCC2. The van der Waals surface area contributed by atoms with E-state index in [0.29, 0.717) is 0 Å². The largest absolute Gasteiger partial charge is 0.286 e. The van der Waals surface area contributed by atoms with E-state index in [-0.39, 0.29) is 0 Å². The van der Waals surface area contributed by atoms with E-state index in [2.05, 4.69) is 17.1 Å². The molecule has 3 nitrogen and oxygen atoms in total. The van der Waals surface area contributed by atoms with Crippen LogP contribution in [0, 0.1) is 5.92 Å². The molecule has 2 aliphatic rings. The summed E-state index contributed by atoms with van der Waals surface area (Å²) in [6.45, 7) is 0.968. The van der Waals surface area contributed by atoms with Crippen LogP contribution >= 0.6 is 11.3 Å². The number of allylic oxidation sites excluding steroid dienone is 1. The van der Waals surface area contributed by atoms with E-state index in [4.69, 9.17) is 5.84 Å². The van der Waals surface area contributed by atoms with Crippen LogP contribution in [-0.4, -0.2) is 11.5 Å². The number of fused-ring (bicyclic) bond motifs is 1. The number of nitrogens with zero attached hydrogens (tertiary/aromatic N) is 2. The summed E-state index contributed by atoms with van der Waals surface area (Å²) in [5.74, 6) is 6.96. The normalized spacial score (nSPS) is 19.8. The van der Waals surface area contributed by atoms with Crippen molar-refractivity contribution in [1.82, 2.24) is 4.98 Å². The lowest BCUT2D eigenvalue weighted by Gasteiger charge is -2.26. The Morgan fingerprint density at radius 3 is 2.94 bits per heavy atom. The molecule has 1 heterocycles. The van der Waals surface area contributed by atoms with Gasteiger partial charge in [-0.1, -0.05) is 36.7 Å². The van der Waals surface area contributed by atoms with Crippen LogP contribution in [0.15, 0.2) is 6.08 Å². The topological polar surface area (TPSA) is 42.1 Å². The van der Waals surface area contributed by atoms with Gasteiger partial charge in [-0.15, -0.1) is 0 Å². The predicted octanol–water partition coefficient (Wildman–Crippen LogP) is 3.36. The number of hydrazine groups is 1. The fourth-order valence-electron chi connectivity index (χ4n) is 2.92. The van der Waals surface area contributed by atoms with Crippen molar-refractivity contribution in [2.75, 3.05) is 11.6 Å². The molecule has 3 rings (SSSR count). The van der Waals surface area contributed by atoms with Gasteiger partial charge in [-0.05, 0) is 37.7 Å². The zero-order valence-electron chi connectivity index (χ0n) is 10.8. The second kappa shape index (κ2) is 5.41. The van der Waals surface area contributed by atoms with E-state index < -0.39 is 0 Å². The maximum Gasteiger partial charge on any atom is 0.200 e. The lowest BCUT2D eigenvalue weighted by Crippen LogP contribution is -2.36. The molecular formula is C14H21N3S. The Labute approximate surface area is 113 Å². The van der Waals surface area contributed by atoms with Gasteiger partial charge in [0.2, 0.25) is 0 Å². The summed E-state index contributed by atoms with van der Waals surface area (Å²) < 4.78 is 0. The molecule has 98 valence electrons. The van der Waals surface area contributed by atoms with Crippen molar-refractivity contribution in [3.05, 3.63) is 16.6 Å². The minimum Gasteiger partial charge on any atom is -0.286 e. The van der Waals surface area contributed by atoms with Crippen LogP contribution in [0.25, 0.3) is 6.08 Å². The predicted molar refractivity (Wildman–Crippen MR) is 77.6 cm³/mol. The molecule has 1 fully saturated rings. The number of rotatable bonds is 3. The first-order valence-corrected chi connectivity index (χ1v) is 7.83. The molecule has 0 spiro atoms. The molecular weight excluding hydrogens is 242 g/mol. The smallest absolute Gasteiger partial charge is 0.200 e. The summed E-state index contributed by atoms with van der Waals surface area (Å²) in [6.07, 6.45) is 13.4. The summed E-state index contributed by atoms with van der Waals surface area (Å²) in [5, 5.41) is 2.88. The van der Waals surface area contributed by atoms with Crippen LogP contribution in [0.3, 0.4) is 0 Å². The Kier molecular flexibility index (Phi) is 3.66. The highest BCUT2D eigenvalue weighted by atomic mass is 32.1. The summed E-state index contributed by atoms with van der Waals surface area (Å²) in [5.41, 5.74) is 1.23. The number of hydrogen-bond donors (Lipinski definition) is 1. The fraction of sp³-hybridized carbons (Fsp3) is 0.643. The summed E-state index contributed by atoms with van der Waals surface area (Å²) >= 11 is 1.74. The van der Waals surface area contributed by atoms with Crippen molar-refractivity contribution in [3.63, 3.8) is 0 Å². The summed E-state index contributed by atoms with van der Waals surface area (Å²) in [7, 11) is 0. The van der Waals surface area contributed by atoms with Crippen LogP contribution in [0.5, 0.6) is 0 Å². The molecule has 0 radical (unpaired) electrons. The van der Waals surface area contributed by atoms with E-state index in [0.717, 1.165) is 30.4 Å². The quantitative estimate of drug-likeness (QED) is 0.671. The maximum absolute atomic E-state index is 6.20. The molecule has 1 aromatic heterocycles. The van der Waals surface area contributed by atoms with Crippen molar-refractivity contribution < 1.29 is 0 Å². The van der Waals surface area contributed by atoms with Gasteiger partial charge in [-0.25, -0.2) is 10.8 Å². The minimum atomic E-state index is 0.764. The molecule has 0 unspecified atom stereocenters. The van der Waals surface area contributed by atoms with Gasteiger partial charge in [0.15, 0.2) is 5.13 Å². The van der Waals surface area contributed by atoms with Crippen molar-refractivity contribution in [2.45, 2.75) is 44.9 Å². The average molecular weight is 263 g/mol. The van der Waals surface area contributed by atoms with Gasteiger partial charge >= 0.3 is 0 Å². The monoisotopic (exact) mass is 263 g/mol. The first-order valence-electron chi connectivity index (χ1n) is 7.01. The van der Waals surface area contributed by atoms with Gasteiger partial charge < -0.3 is 0 Å². The van der Waals surface area contributed by atoms with Crippen LogP contribution in [0.1, 0.15) is 49.1 Å². The molecule has 2 N–H and O–H groups in total. The molecule has 18 heavy (non-hydrogen) atoms. The van der Waals surface area contributed by atoms with Crippen LogP contribution in [0.2, 0.25) is 0 Å². The van der Waals surface area contributed by atoms with Gasteiger partial charge in [0.05, 0.1) is 10.6 Å². The fourth-order valence-corrected chi connectivity index (χ4v) is 3.89. The Hall–Kier alpha value is -0.870. The molecule has 1 aromatic rings. The molecule has 0 aliphatic heterocycles. The average Bonchev–Trinajstić information content (AvgIpc) is 2.84. The third-order valence-electron chi connectivity index (χ3n) is 3.96. The number of aryl methyl sites for hydroxylation is 1. The molecule has 0 saturated heterocycles. The number of thiazole rings is 1. The third-order valence-corrected chi connectivity index (χ3v) is 5.06. The Morgan fingerprint density at radius 1 is 1.33 bits per heavy atom. The first-order chi connectivity index (χ1) is 8.83. The molecule has 0 amide bonds. The third kappa shape index (κ3) is 2.59.